The van der Waals surface area contributed by atoms with Gasteiger partial charge in [-0.3, -0.25) is 9.69 Å². The van der Waals surface area contributed by atoms with Crippen LogP contribution in [0.1, 0.15) is 26.3 Å². The molecule has 120 valence electrons. The molecule has 5 heteroatoms. The molecule has 1 saturated heterocycles. The van der Waals surface area contributed by atoms with E-state index in [2.05, 4.69) is 17.0 Å². The molecule has 3 rings (SSSR count). The van der Waals surface area contributed by atoms with E-state index in [1.54, 1.807) is 0 Å². The van der Waals surface area contributed by atoms with E-state index in [4.69, 9.17) is 9.47 Å². The molecule has 1 aromatic rings. The third-order valence-corrected chi connectivity index (χ3v) is 4.14. The molecule has 2 aliphatic heterocycles. The van der Waals surface area contributed by atoms with Crippen molar-refractivity contribution in [3.05, 3.63) is 23.8 Å². The summed E-state index contributed by atoms with van der Waals surface area (Å²) in [6.45, 7) is 10.6. The lowest BCUT2D eigenvalue weighted by Gasteiger charge is -2.37. The molecule has 0 aromatic heterocycles. The third-order valence-electron chi connectivity index (χ3n) is 4.14. The van der Waals surface area contributed by atoms with Crippen molar-refractivity contribution in [2.75, 3.05) is 33.0 Å². The molecule has 0 bridgehead atoms. The standard InChI is InChI=1S/C17H24N2O3/c1-17(2,3)16(20)19-8-6-18(7-9-19)11-13-4-5-14-15(10-13)22-12-21-14/h4-5,10H,6-9,11-12H2,1-3H3. The highest BCUT2D eigenvalue weighted by atomic mass is 16.7. The van der Waals surface area contributed by atoms with Crippen molar-refractivity contribution in [2.24, 2.45) is 5.41 Å². The summed E-state index contributed by atoms with van der Waals surface area (Å²) in [5.74, 6) is 1.90. The Morgan fingerprint density at radius 2 is 1.77 bits per heavy atom. The number of hydrogen-bond donors (Lipinski definition) is 0. The first-order chi connectivity index (χ1) is 10.4. The number of rotatable bonds is 2. The molecule has 1 fully saturated rings. The summed E-state index contributed by atoms with van der Waals surface area (Å²) in [5.41, 5.74) is 0.930. The van der Waals surface area contributed by atoms with Crippen molar-refractivity contribution >= 4 is 5.91 Å². The van der Waals surface area contributed by atoms with Gasteiger partial charge in [0.1, 0.15) is 0 Å². The molecule has 22 heavy (non-hydrogen) atoms. The average molecular weight is 304 g/mol. The van der Waals surface area contributed by atoms with E-state index in [0.717, 1.165) is 44.2 Å². The number of carbonyl (C=O) groups excluding carboxylic acids is 1. The normalized spacial score (nSPS) is 18.6. The van der Waals surface area contributed by atoms with E-state index in [0.29, 0.717) is 6.79 Å². The number of ether oxygens (including phenoxy) is 2. The van der Waals surface area contributed by atoms with Gasteiger partial charge >= 0.3 is 0 Å². The Balaban J connectivity index is 1.55. The largest absolute Gasteiger partial charge is 0.454 e. The van der Waals surface area contributed by atoms with Crippen LogP contribution in [0.5, 0.6) is 11.5 Å². The molecule has 0 N–H and O–H groups in total. The summed E-state index contributed by atoms with van der Waals surface area (Å²) in [7, 11) is 0. The van der Waals surface area contributed by atoms with Crippen molar-refractivity contribution in [2.45, 2.75) is 27.3 Å². The van der Waals surface area contributed by atoms with Gasteiger partial charge in [0.05, 0.1) is 0 Å². The number of carbonyl (C=O) groups is 1. The van der Waals surface area contributed by atoms with Gasteiger partial charge in [0, 0.05) is 38.1 Å². The summed E-state index contributed by atoms with van der Waals surface area (Å²) < 4.78 is 10.8. The predicted octanol–water partition coefficient (Wildman–Crippen LogP) is 2.11. The first kappa shape index (κ1) is 15.2. The molecule has 5 nitrogen and oxygen atoms in total. The fraction of sp³-hybridized carbons (Fsp3) is 0.588. The van der Waals surface area contributed by atoms with Gasteiger partial charge in [0.15, 0.2) is 11.5 Å². The topological polar surface area (TPSA) is 42.0 Å². The molecule has 0 unspecified atom stereocenters. The second-order valence-electron chi connectivity index (χ2n) is 7.01. The van der Waals surface area contributed by atoms with Crippen molar-refractivity contribution in [1.29, 1.82) is 0 Å². The second-order valence-corrected chi connectivity index (χ2v) is 7.01. The number of amides is 1. The number of benzene rings is 1. The van der Waals surface area contributed by atoms with Crippen LogP contribution in [0, 0.1) is 5.41 Å². The van der Waals surface area contributed by atoms with E-state index in [-0.39, 0.29) is 11.3 Å². The highest BCUT2D eigenvalue weighted by Crippen LogP contribution is 2.32. The maximum absolute atomic E-state index is 12.3. The minimum Gasteiger partial charge on any atom is -0.454 e. The molecule has 2 aliphatic rings. The smallest absolute Gasteiger partial charge is 0.231 e. The van der Waals surface area contributed by atoms with Crippen LogP contribution < -0.4 is 9.47 Å². The fourth-order valence-corrected chi connectivity index (χ4v) is 2.88. The lowest BCUT2D eigenvalue weighted by atomic mass is 9.94. The Bertz CT molecular complexity index is 558. The zero-order valence-electron chi connectivity index (χ0n) is 13.6. The Kier molecular flexibility index (Phi) is 4.00. The van der Waals surface area contributed by atoms with Gasteiger partial charge in [-0.15, -0.1) is 0 Å². The Morgan fingerprint density at radius 3 is 2.45 bits per heavy atom. The minimum atomic E-state index is -0.292. The number of piperazine rings is 1. The van der Waals surface area contributed by atoms with Crippen LogP contribution in [-0.2, 0) is 11.3 Å². The molecule has 0 saturated carbocycles. The van der Waals surface area contributed by atoms with E-state index in [1.807, 2.05) is 31.7 Å². The molecule has 0 atom stereocenters. The van der Waals surface area contributed by atoms with E-state index >= 15 is 0 Å². The second kappa shape index (κ2) is 5.80. The monoisotopic (exact) mass is 304 g/mol. The highest BCUT2D eigenvalue weighted by molar-refractivity contribution is 5.81. The first-order valence-corrected chi connectivity index (χ1v) is 7.84. The van der Waals surface area contributed by atoms with E-state index in [1.165, 1.54) is 5.56 Å². The van der Waals surface area contributed by atoms with Crippen LogP contribution in [0.2, 0.25) is 0 Å². The number of fused-ring (bicyclic) bond motifs is 1. The SMILES string of the molecule is CC(C)(C)C(=O)N1CCN(Cc2ccc3c(c2)OCO3)CC1. The van der Waals surface area contributed by atoms with Crippen LogP contribution in [0.4, 0.5) is 0 Å². The van der Waals surface area contributed by atoms with Crippen LogP contribution >= 0.6 is 0 Å². The Morgan fingerprint density at radius 1 is 1.09 bits per heavy atom. The van der Waals surface area contributed by atoms with Crippen LogP contribution in [-0.4, -0.2) is 48.7 Å². The van der Waals surface area contributed by atoms with Crippen LogP contribution in [0.3, 0.4) is 0 Å². The molecule has 1 amide bonds. The quantitative estimate of drug-likeness (QED) is 0.839. The van der Waals surface area contributed by atoms with Crippen molar-refractivity contribution < 1.29 is 14.3 Å². The lowest BCUT2D eigenvalue weighted by molar-refractivity contribution is -0.141. The lowest BCUT2D eigenvalue weighted by Crippen LogP contribution is -2.51. The summed E-state index contributed by atoms with van der Waals surface area (Å²) >= 11 is 0. The predicted molar refractivity (Wildman–Crippen MR) is 83.9 cm³/mol. The van der Waals surface area contributed by atoms with Crippen LogP contribution in [0.25, 0.3) is 0 Å². The number of nitrogens with zero attached hydrogens (tertiary/aromatic N) is 2. The number of hydrogen-bond acceptors (Lipinski definition) is 4. The maximum atomic E-state index is 12.3. The Hall–Kier alpha value is -1.75. The van der Waals surface area contributed by atoms with E-state index in [9.17, 15) is 4.79 Å². The Labute approximate surface area is 131 Å². The minimum absolute atomic E-state index is 0.246. The van der Waals surface area contributed by atoms with Gasteiger partial charge in [0.25, 0.3) is 0 Å². The summed E-state index contributed by atoms with van der Waals surface area (Å²) in [6.07, 6.45) is 0. The summed E-state index contributed by atoms with van der Waals surface area (Å²) in [4.78, 5) is 16.7. The van der Waals surface area contributed by atoms with Gasteiger partial charge in [-0.25, -0.2) is 0 Å². The molecule has 0 aliphatic carbocycles. The molecule has 0 spiro atoms. The van der Waals surface area contributed by atoms with Crippen molar-refractivity contribution in [3.8, 4) is 11.5 Å². The van der Waals surface area contributed by atoms with E-state index < -0.39 is 0 Å². The molecule has 0 radical (unpaired) electrons. The molecule has 1 aromatic carbocycles. The highest BCUT2D eigenvalue weighted by Gasteiger charge is 2.29. The van der Waals surface area contributed by atoms with Crippen molar-refractivity contribution in [1.82, 2.24) is 9.80 Å². The fourth-order valence-electron chi connectivity index (χ4n) is 2.88. The zero-order valence-corrected chi connectivity index (χ0v) is 13.6. The first-order valence-electron chi connectivity index (χ1n) is 7.84. The molecule has 2 heterocycles. The zero-order chi connectivity index (χ0) is 15.7. The van der Waals surface area contributed by atoms with Crippen molar-refractivity contribution in [3.63, 3.8) is 0 Å². The molecular weight excluding hydrogens is 280 g/mol. The maximum Gasteiger partial charge on any atom is 0.231 e. The van der Waals surface area contributed by atoms with Crippen LogP contribution in [0.15, 0.2) is 18.2 Å². The van der Waals surface area contributed by atoms with Gasteiger partial charge < -0.3 is 14.4 Å². The summed E-state index contributed by atoms with van der Waals surface area (Å²) in [6, 6.07) is 6.10. The van der Waals surface area contributed by atoms with Gasteiger partial charge in [-0.2, -0.15) is 0 Å². The third kappa shape index (κ3) is 3.19. The molecular formula is C17H24N2O3. The summed E-state index contributed by atoms with van der Waals surface area (Å²) in [5, 5.41) is 0. The van der Waals surface area contributed by atoms with Gasteiger partial charge in [-0.05, 0) is 17.7 Å². The average Bonchev–Trinajstić information content (AvgIpc) is 2.94. The van der Waals surface area contributed by atoms with Gasteiger partial charge in [0.2, 0.25) is 12.7 Å². The van der Waals surface area contributed by atoms with Gasteiger partial charge in [-0.1, -0.05) is 26.8 Å².